The average Bonchev–Trinajstić information content (AvgIpc) is 2.71. The van der Waals surface area contributed by atoms with Crippen LogP contribution in [-0.2, 0) is 0 Å². The quantitative estimate of drug-likeness (QED) is 0.775. The summed E-state index contributed by atoms with van der Waals surface area (Å²) in [5.74, 6) is 0.860. The van der Waals surface area contributed by atoms with Gasteiger partial charge in [0.1, 0.15) is 5.82 Å². The lowest BCUT2D eigenvalue weighted by Crippen LogP contribution is -2.16. The van der Waals surface area contributed by atoms with E-state index in [0.717, 1.165) is 0 Å². The Hall–Kier alpha value is -2.37. The van der Waals surface area contributed by atoms with Gasteiger partial charge in [0.05, 0.1) is 12.4 Å². The fraction of sp³-hybridized carbons (Fsp3) is 0. The molecule has 76 valence electrons. The van der Waals surface area contributed by atoms with E-state index < -0.39 is 6.09 Å². The second-order valence-electron chi connectivity index (χ2n) is 2.67. The van der Waals surface area contributed by atoms with Gasteiger partial charge in [0.2, 0.25) is 0 Å². The van der Waals surface area contributed by atoms with Crippen LogP contribution in [0.2, 0.25) is 0 Å². The summed E-state index contributed by atoms with van der Waals surface area (Å²) in [6.07, 6.45) is 3.98. The highest BCUT2D eigenvalue weighted by atomic mass is 16.6. The van der Waals surface area contributed by atoms with Crippen LogP contribution in [0.4, 0.5) is 10.6 Å². The van der Waals surface area contributed by atoms with Crippen molar-refractivity contribution in [2.45, 2.75) is 0 Å². The second kappa shape index (κ2) is 4.23. The fourth-order valence-electron chi connectivity index (χ4n) is 0.975. The number of rotatable bonds is 2. The number of H-pyrrole nitrogens is 1. The Morgan fingerprint density at radius 2 is 2.33 bits per heavy atom. The van der Waals surface area contributed by atoms with Crippen molar-refractivity contribution in [3.8, 4) is 5.75 Å². The number of carbonyl (C=O) groups is 1. The number of nitrogens with zero attached hydrogens (tertiary/aromatic N) is 2. The lowest BCUT2D eigenvalue weighted by Gasteiger charge is -2.03. The van der Waals surface area contributed by atoms with Crippen molar-refractivity contribution in [2.75, 3.05) is 5.32 Å². The number of pyridine rings is 1. The topological polar surface area (TPSA) is 79.9 Å². The summed E-state index contributed by atoms with van der Waals surface area (Å²) in [4.78, 5) is 15.1. The minimum atomic E-state index is -0.591. The van der Waals surface area contributed by atoms with Crippen molar-refractivity contribution in [1.29, 1.82) is 0 Å². The van der Waals surface area contributed by atoms with E-state index in [4.69, 9.17) is 4.74 Å². The van der Waals surface area contributed by atoms with E-state index in [0.29, 0.717) is 11.6 Å². The maximum absolute atomic E-state index is 11.3. The predicted molar refractivity (Wildman–Crippen MR) is 52.5 cm³/mol. The normalized spacial score (nSPS) is 9.60. The van der Waals surface area contributed by atoms with Crippen LogP contribution in [0.5, 0.6) is 5.75 Å². The molecule has 0 radical (unpaired) electrons. The highest BCUT2D eigenvalue weighted by Gasteiger charge is 2.04. The van der Waals surface area contributed by atoms with Gasteiger partial charge in [-0.15, -0.1) is 0 Å². The van der Waals surface area contributed by atoms with Gasteiger partial charge in [0, 0.05) is 12.3 Å². The standard InChI is InChI=1S/C9H8N4O2/c14-9(12-8-3-5-11-13-8)15-7-2-1-4-10-6-7/h1-6H,(H2,11,12,13,14). The van der Waals surface area contributed by atoms with Gasteiger partial charge in [0.25, 0.3) is 0 Å². The van der Waals surface area contributed by atoms with Crippen LogP contribution in [-0.4, -0.2) is 21.3 Å². The van der Waals surface area contributed by atoms with Crippen molar-refractivity contribution < 1.29 is 9.53 Å². The van der Waals surface area contributed by atoms with Gasteiger partial charge in [-0.2, -0.15) is 5.10 Å². The largest absolute Gasteiger partial charge is 0.418 e. The third-order valence-electron chi connectivity index (χ3n) is 1.58. The van der Waals surface area contributed by atoms with Gasteiger partial charge >= 0.3 is 6.09 Å². The van der Waals surface area contributed by atoms with Crippen LogP contribution in [0.15, 0.2) is 36.8 Å². The van der Waals surface area contributed by atoms with E-state index in [1.807, 2.05) is 0 Å². The number of hydrogen-bond donors (Lipinski definition) is 2. The number of amides is 1. The second-order valence-corrected chi connectivity index (χ2v) is 2.67. The van der Waals surface area contributed by atoms with Crippen LogP contribution in [0.3, 0.4) is 0 Å². The Kier molecular flexibility index (Phi) is 2.59. The zero-order valence-electron chi connectivity index (χ0n) is 7.68. The Bertz CT molecular complexity index is 427. The fourth-order valence-corrected chi connectivity index (χ4v) is 0.975. The van der Waals surface area contributed by atoms with E-state index >= 15 is 0 Å². The first-order valence-electron chi connectivity index (χ1n) is 4.23. The molecule has 0 aliphatic carbocycles. The number of hydrogen-bond acceptors (Lipinski definition) is 4. The molecule has 2 aromatic rings. The van der Waals surface area contributed by atoms with Crippen LogP contribution in [0.25, 0.3) is 0 Å². The third-order valence-corrected chi connectivity index (χ3v) is 1.58. The molecule has 0 aromatic carbocycles. The van der Waals surface area contributed by atoms with Gasteiger partial charge in [-0.3, -0.25) is 15.4 Å². The zero-order chi connectivity index (χ0) is 10.5. The summed E-state index contributed by atoms with van der Waals surface area (Å²) in [5.41, 5.74) is 0. The molecule has 6 heteroatoms. The lowest BCUT2D eigenvalue weighted by molar-refractivity contribution is 0.215. The smallest absolute Gasteiger partial charge is 0.408 e. The molecule has 0 saturated carbocycles. The molecule has 0 spiro atoms. The number of ether oxygens (including phenoxy) is 1. The molecule has 15 heavy (non-hydrogen) atoms. The van der Waals surface area contributed by atoms with Crippen molar-refractivity contribution in [2.24, 2.45) is 0 Å². The number of carbonyl (C=O) groups excluding carboxylic acids is 1. The van der Waals surface area contributed by atoms with E-state index in [-0.39, 0.29) is 0 Å². The van der Waals surface area contributed by atoms with Gasteiger partial charge < -0.3 is 4.74 Å². The van der Waals surface area contributed by atoms with E-state index in [1.54, 1.807) is 24.4 Å². The van der Waals surface area contributed by atoms with Crippen LogP contribution >= 0.6 is 0 Å². The van der Waals surface area contributed by atoms with Crippen LogP contribution < -0.4 is 10.1 Å². The summed E-state index contributed by atoms with van der Waals surface area (Å²) < 4.78 is 4.93. The molecule has 1 amide bonds. The summed E-state index contributed by atoms with van der Waals surface area (Å²) in [7, 11) is 0. The predicted octanol–water partition coefficient (Wildman–Crippen LogP) is 1.42. The minimum absolute atomic E-state index is 0.384. The van der Waals surface area contributed by atoms with Gasteiger partial charge in [-0.25, -0.2) is 4.79 Å². The number of nitrogens with one attached hydrogen (secondary N) is 2. The van der Waals surface area contributed by atoms with Gasteiger partial charge in [-0.05, 0) is 12.1 Å². The highest BCUT2D eigenvalue weighted by molar-refractivity contribution is 5.84. The molecule has 0 bridgehead atoms. The molecule has 0 fully saturated rings. The first-order chi connectivity index (χ1) is 7.34. The van der Waals surface area contributed by atoms with Gasteiger partial charge in [0.15, 0.2) is 5.75 Å². The maximum atomic E-state index is 11.3. The number of anilines is 1. The zero-order valence-corrected chi connectivity index (χ0v) is 7.68. The molecular formula is C9H8N4O2. The first-order valence-corrected chi connectivity index (χ1v) is 4.23. The van der Waals surface area contributed by atoms with Crippen molar-refractivity contribution >= 4 is 11.9 Å². The summed E-state index contributed by atoms with van der Waals surface area (Å²) in [5, 5.41) is 8.71. The van der Waals surface area contributed by atoms with E-state index in [9.17, 15) is 4.79 Å². The lowest BCUT2D eigenvalue weighted by atomic mass is 10.5. The van der Waals surface area contributed by atoms with Crippen molar-refractivity contribution in [1.82, 2.24) is 15.2 Å². The minimum Gasteiger partial charge on any atom is -0.408 e. The molecule has 2 rings (SSSR count). The molecule has 0 saturated heterocycles. The molecule has 0 aliphatic heterocycles. The summed E-state index contributed by atoms with van der Waals surface area (Å²) in [6, 6.07) is 4.93. The SMILES string of the molecule is O=C(Nc1ccn[nH]1)Oc1cccnc1. The molecule has 2 aromatic heterocycles. The van der Waals surface area contributed by atoms with Crippen molar-refractivity contribution in [3.05, 3.63) is 36.8 Å². The monoisotopic (exact) mass is 204 g/mol. The summed E-state index contributed by atoms with van der Waals surface area (Å²) in [6.45, 7) is 0. The Morgan fingerprint density at radius 1 is 1.40 bits per heavy atom. The number of aromatic amines is 1. The molecule has 0 unspecified atom stereocenters. The first kappa shape index (κ1) is 9.20. The van der Waals surface area contributed by atoms with Crippen LogP contribution in [0, 0.1) is 0 Å². The van der Waals surface area contributed by atoms with Gasteiger partial charge in [-0.1, -0.05) is 0 Å². The Labute approximate surface area is 85.3 Å². The van der Waals surface area contributed by atoms with E-state index in [2.05, 4.69) is 20.5 Å². The average molecular weight is 204 g/mol. The molecular weight excluding hydrogens is 196 g/mol. The summed E-state index contributed by atoms with van der Waals surface area (Å²) >= 11 is 0. The Balaban J connectivity index is 1.94. The molecule has 0 atom stereocenters. The number of aromatic nitrogens is 3. The van der Waals surface area contributed by atoms with Crippen molar-refractivity contribution in [3.63, 3.8) is 0 Å². The molecule has 2 heterocycles. The highest BCUT2D eigenvalue weighted by Crippen LogP contribution is 2.07. The third kappa shape index (κ3) is 2.53. The van der Waals surface area contributed by atoms with Crippen LogP contribution in [0.1, 0.15) is 0 Å². The van der Waals surface area contributed by atoms with E-state index in [1.165, 1.54) is 12.4 Å². The maximum Gasteiger partial charge on any atom is 0.418 e. The Morgan fingerprint density at radius 3 is 3.00 bits per heavy atom. The molecule has 0 aliphatic rings. The molecule has 6 nitrogen and oxygen atoms in total. The molecule has 2 N–H and O–H groups in total.